The van der Waals surface area contributed by atoms with Gasteiger partial charge >= 0.3 is 0 Å². The molecule has 0 radical (unpaired) electrons. The van der Waals surface area contributed by atoms with Crippen molar-refractivity contribution in [2.24, 2.45) is 5.84 Å². The molecule has 0 heterocycles. The molecule has 19 heavy (non-hydrogen) atoms. The van der Waals surface area contributed by atoms with E-state index < -0.39 is 0 Å². The predicted octanol–water partition coefficient (Wildman–Crippen LogP) is 3.76. The predicted molar refractivity (Wildman–Crippen MR) is 79.2 cm³/mol. The summed E-state index contributed by atoms with van der Waals surface area (Å²) >= 11 is 3.51. The molecule has 0 aliphatic carbocycles. The van der Waals surface area contributed by atoms with E-state index in [2.05, 4.69) is 21.4 Å². The van der Waals surface area contributed by atoms with Crippen LogP contribution in [0.1, 0.15) is 28.3 Å². The molecule has 1 unspecified atom stereocenters. The standard InChI is InChI=1S/C15H16BrFN2/c1-9-8-11(6-7-14(9)17)15(19-18)12-4-3-5-13(16)10(12)2/h3-8,15,19H,18H2,1-2H3. The SMILES string of the molecule is Cc1cc(C(NN)c2cccc(Br)c2C)ccc1F. The van der Waals surface area contributed by atoms with Crippen molar-refractivity contribution in [2.45, 2.75) is 19.9 Å². The fourth-order valence-electron chi connectivity index (χ4n) is 2.15. The van der Waals surface area contributed by atoms with Crippen LogP contribution in [0.25, 0.3) is 0 Å². The van der Waals surface area contributed by atoms with Gasteiger partial charge in [0.1, 0.15) is 5.82 Å². The third-order valence-electron chi connectivity index (χ3n) is 3.30. The molecule has 2 nitrogen and oxygen atoms in total. The van der Waals surface area contributed by atoms with Crippen molar-refractivity contribution >= 4 is 15.9 Å². The van der Waals surface area contributed by atoms with Crippen LogP contribution in [-0.2, 0) is 0 Å². The molecule has 2 aromatic rings. The van der Waals surface area contributed by atoms with Crippen LogP contribution in [0.4, 0.5) is 4.39 Å². The molecule has 1 atom stereocenters. The lowest BCUT2D eigenvalue weighted by Gasteiger charge is -2.20. The van der Waals surface area contributed by atoms with Crippen LogP contribution in [-0.4, -0.2) is 0 Å². The van der Waals surface area contributed by atoms with Crippen LogP contribution >= 0.6 is 15.9 Å². The van der Waals surface area contributed by atoms with Gasteiger partial charge in [-0.1, -0.05) is 40.2 Å². The summed E-state index contributed by atoms with van der Waals surface area (Å²) in [4.78, 5) is 0. The molecule has 0 saturated carbocycles. The van der Waals surface area contributed by atoms with E-state index in [4.69, 9.17) is 5.84 Å². The van der Waals surface area contributed by atoms with Gasteiger partial charge in [0, 0.05) is 4.47 Å². The lowest BCUT2D eigenvalue weighted by molar-refractivity contribution is 0.607. The van der Waals surface area contributed by atoms with Crippen LogP contribution in [0.2, 0.25) is 0 Å². The summed E-state index contributed by atoms with van der Waals surface area (Å²) in [6.45, 7) is 3.78. The molecule has 100 valence electrons. The van der Waals surface area contributed by atoms with Gasteiger partial charge < -0.3 is 0 Å². The number of aryl methyl sites for hydroxylation is 1. The van der Waals surface area contributed by atoms with E-state index in [1.54, 1.807) is 13.0 Å². The molecular weight excluding hydrogens is 307 g/mol. The highest BCUT2D eigenvalue weighted by Gasteiger charge is 2.16. The van der Waals surface area contributed by atoms with Gasteiger partial charge in [-0.25, -0.2) is 9.82 Å². The van der Waals surface area contributed by atoms with E-state index in [9.17, 15) is 4.39 Å². The first-order valence-corrected chi connectivity index (χ1v) is 6.81. The Morgan fingerprint density at radius 2 is 1.95 bits per heavy atom. The van der Waals surface area contributed by atoms with Crippen molar-refractivity contribution in [3.63, 3.8) is 0 Å². The second-order valence-electron chi connectivity index (χ2n) is 4.56. The Balaban J connectivity index is 2.50. The molecule has 0 bridgehead atoms. The fraction of sp³-hybridized carbons (Fsp3) is 0.200. The van der Waals surface area contributed by atoms with Gasteiger partial charge in [0.2, 0.25) is 0 Å². The summed E-state index contributed by atoms with van der Waals surface area (Å²) in [6.07, 6.45) is 0. The second-order valence-corrected chi connectivity index (χ2v) is 5.42. The molecule has 0 aliphatic rings. The first-order chi connectivity index (χ1) is 9.04. The summed E-state index contributed by atoms with van der Waals surface area (Å²) in [5.74, 6) is 5.48. The zero-order valence-electron chi connectivity index (χ0n) is 10.9. The third-order valence-corrected chi connectivity index (χ3v) is 4.16. The molecule has 0 aromatic heterocycles. The topological polar surface area (TPSA) is 38.0 Å². The van der Waals surface area contributed by atoms with E-state index in [1.165, 1.54) is 6.07 Å². The van der Waals surface area contributed by atoms with Crippen molar-refractivity contribution < 1.29 is 4.39 Å². The number of nitrogens with two attached hydrogens (primary N) is 1. The summed E-state index contributed by atoms with van der Waals surface area (Å²) in [5, 5.41) is 0. The Hall–Kier alpha value is -1.23. The lowest BCUT2D eigenvalue weighted by Crippen LogP contribution is -2.29. The minimum Gasteiger partial charge on any atom is -0.271 e. The van der Waals surface area contributed by atoms with Crippen molar-refractivity contribution in [1.82, 2.24) is 5.43 Å². The van der Waals surface area contributed by atoms with Gasteiger partial charge in [-0.15, -0.1) is 0 Å². The molecule has 0 saturated heterocycles. The number of halogens is 2. The summed E-state index contributed by atoms with van der Waals surface area (Å²) in [5.41, 5.74) is 6.56. The summed E-state index contributed by atoms with van der Waals surface area (Å²) < 4.78 is 14.4. The van der Waals surface area contributed by atoms with Crippen molar-refractivity contribution in [2.75, 3.05) is 0 Å². The largest absolute Gasteiger partial charge is 0.271 e. The average molecular weight is 323 g/mol. The minimum absolute atomic E-state index is 0.156. The number of hydrazine groups is 1. The van der Waals surface area contributed by atoms with Gasteiger partial charge in [-0.3, -0.25) is 5.84 Å². The molecule has 2 aromatic carbocycles. The molecule has 0 spiro atoms. The van der Waals surface area contributed by atoms with Crippen LogP contribution < -0.4 is 11.3 Å². The van der Waals surface area contributed by atoms with Crippen LogP contribution in [0.15, 0.2) is 40.9 Å². The zero-order chi connectivity index (χ0) is 14.0. The maximum absolute atomic E-state index is 13.4. The zero-order valence-corrected chi connectivity index (χ0v) is 12.5. The molecule has 3 N–H and O–H groups in total. The first-order valence-electron chi connectivity index (χ1n) is 6.01. The van der Waals surface area contributed by atoms with Gasteiger partial charge in [0.15, 0.2) is 0 Å². The van der Waals surface area contributed by atoms with Crippen LogP contribution in [0.5, 0.6) is 0 Å². The molecule has 0 aliphatic heterocycles. The highest BCUT2D eigenvalue weighted by atomic mass is 79.9. The molecule has 0 fully saturated rings. The van der Waals surface area contributed by atoms with E-state index in [1.807, 2.05) is 31.2 Å². The van der Waals surface area contributed by atoms with Crippen molar-refractivity contribution in [1.29, 1.82) is 0 Å². The normalized spacial score (nSPS) is 12.5. The fourth-order valence-corrected chi connectivity index (χ4v) is 2.53. The maximum Gasteiger partial charge on any atom is 0.126 e. The van der Waals surface area contributed by atoms with E-state index in [0.29, 0.717) is 5.56 Å². The van der Waals surface area contributed by atoms with Crippen molar-refractivity contribution in [3.8, 4) is 0 Å². The summed E-state index contributed by atoms with van der Waals surface area (Å²) in [7, 11) is 0. The van der Waals surface area contributed by atoms with Crippen LogP contribution in [0, 0.1) is 19.7 Å². The van der Waals surface area contributed by atoms with Crippen molar-refractivity contribution in [3.05, 3.63) is 68.9 Å². The van der Waals surface area contributed by atoms with E-state index >= 15 is 0 Å². The average Bonchev–Trinajstić information content (AvgIpc) is 2.39. The van der Waals surface area contributed by atoms with Gasteiger partial charge in [0.25, 0.3) is 0 Å². The van der Waals surface area contributed by atoms with Gasteiger partial charge in [0.05, 0.1) is 6.04 Å². The van der Waals surface area contributed by atoms with E-state index in [-0.39, 0.29) is 11.9 Å². The Kier molecular flexibility index (Phi) is 4.34. The Morgan fingerprint density at radius 1 is 1.21 bits per heavy atom. The number of rotatable bonds is 3. The van der Waals surface area contributed by atoms with Crippen LogP contribution in [0.3, 0.4) is 0 Å². The minimum atomic E-state index is -0.203. The molecule has 4 heteroatoms. The smallest absolute Gasteiger partial charge is 0.126 e. The molecular formula is C15H16BrFN2. The van der Waals surface area contributed by atoms with Gasteiger partial charge in [-0.05, 0) is 48.2 Å². The maximum atomic E-state index is 13.4. The Labute approximate surface area is 120 Å². The second kappa shape index (κ2) is 5.82. The van der Waals surface area contributed by atoms with E-state index in [0.717, 1.165) is 21.2 Å². The number of hydrogen-bond donors (Lipinski definition) is 2. The first kappa shape index (κ1) is 14.2. The Bertz CT molecular complexity index is 599. The number of benzene rings is 2. The monoisotopic (exact) mass is 322 g/mol. The molecule has 2 rings (SSSR count). The molecule has 0 amide bonds. The number of nitrogens with one attached hydrogen (secondary N) is 1. The van der Waals surface area contributed by atoms with Gasteiger partial charge in [-0.2, -0.15) is 0 Å². The summed E-state index contributed by atoms with van der Waals surface area (Å²) in [6, 6.07) is 10.9. The highest BCUT2D eigenvalue weighted by molar-refractivity contribution is 9.10. The number of hydrogen-bond acceptors (Lipinski definition) is 2. The third kappa shape index (κ3) is 2.86. The Morgan fingerprint density at radius 3 is 2.58 bits per heavy atom. The highest BCUT2D eigenvalue weighted by Crippen LogP contribution is 2.29. The lowest BCUT2D eigenvalue weighted by atomic mass is 9.94. The quantitative estimate of drug-likeness (QED) is 0.667.